The van der Waals surface area contributed by atoms with Gasteiger partial charge in [-0.05, 0) is 36.6 Å². The molecule has 1 amide bonds. The van der Waals surface area contributed by atoms with Crippen molar-refractivity contribution in [1.29, 1.82) is 0 Å². The zero-order valence-electron chi connectivity index (χ0n) is 20.6. The molecule has 0 aliphatic carbocycles. The molecule has 3 rings (SSSR count). The molecule has 0 aliphatic heterocycles. The highest BCUT2D eigenvalue weighted by atomic mass is 32.2. The molecule has 12 nitrogen and oxygen atoms in total. The molecule has 0 bridgehead atoms. The minimum Gasteiger partial charge on any atom is -0.467 e. The Hall–Kier alpha value is -3.81. The van der Waals surface area contributed by atoms with Gasteiger partial charge < -0.3 is 15.4 Å². The molecule has 0 saturated heterocycles. The Labute approximate surface area is 211 Å². The second-order valence-corrected chi connectivity index (χ2v) is 8.83. The molecular formula is C23H29N7O5S. The number of benzene rings is 1. The maximum absolute atomic E-state index is 12.8. The van der Waals surface area contributed by atoms with Crippen molar-refractivity contribution in [3.05, 3.63) is 53.9 Å². The van der Waals surface area contributed by atoms with Crippen molar-refractivity contribution in [2.45, 2.75) is 26.7 Å². The third kappa shape index (κ3) is 6.65. The fourth-order valence-electron chi connectivity index (χ4n) is 3.14. The monoisotopic (exact) mass is 515 g/mol. The summed E-state index contributed by atoms with van der Waals surface area (Å²) < 4.78 is 27.9. The van der Waals surface area contributed by atoms with Crippen LogP contribution in [0.5, 0.6) is 6.01 Å². The maximum Gasteiger partial charge on any atom is 0.318 e. The van der Waals surface area contributed by atoms with Crippen LogP contribution < -0.4 is 25.2 Å². The first kappa shape index (κ1) is 26.8. The number of aromatic nitrogens is 3. The van der Waals surface area contributed by atoms with Gasteiger partial charge in [-0.1, -0.05) is 19.9 Å². The van der Waals surface area contributed by atoms with Gasteiger partial charge in [0.05, 0.1) is 36.3 Å². The lowest BCUT2D eigenvalue weighted by Gasteiger charge is -2.22. The number of amides is 1. The Morgan fingerprint density at radius 1 is 1.14 bits per heavy atom. The van der Waals surface area contributed by atoms with E-state index in [4.69, 9.17) is 9.57 Å². The smallest absolute Gasteiger partial charge is 0.318 e. The van der Waals surface area contributed by atoms with Crippen LogP contribution in [-0.2, 0) is 16.1 Å². The first-order valence-electron chi connectivity index (χ1n) is 11.0. The number of hydroxylamine groups is 1. The highest BCUT2D eigenvalue weighted by molar-refractivity contribution is 7.80. The average molecular weight is 516 g/mol. The van der Waals surface area contributed by atoms with Crippen LogP contribution in [0, 0.1) is 0 Å². The molecule has 0 spiro atoms. The fraction of sp³-hybridized carbons (Fsp3) is 0.304. The number of nitrogens with zero attached hydrogens (tertiary/aromatic N) is 4. The summed E-state index contributed by atoms with van der Waals surface area (Å²) in [4.78, 5) is 30.3. The van der Waals surface area contributed by atoms with Gasteiger partial charge in [0.2, 0.25) is 0 Å². The molecule has 1 atom stereocenters. The van der Waals surface area contributed by atoms with Crippen LogP contribution in [-0.4, -0.2) is 50.4 Å². The van der Waals surface area contributed by atoms with E-state index in [1.807, 2.05) is 26.0 Å². The number of carbonyl (C=O) groups excluding carboxylic acids is 1. The molecule has 3 aromatic rings. The quantitative estimate of drug-likeness (QED) is 0.219. The number of hydrogen-bond donors (Lipinski definition) is 4. The molecule has 2 aromatic heterocycles. The molecule has 1 unspecified atom stereocenters. The van der Waals surface area contributed by atoms with E-state index in [1.54, 1.807) is 25.1 Å². The van der Waals surface area contributed by atoms with Gasteiger partial charge in [-0.15, -0.1) is 0 Å². The minimum atomic E-state index is -2.26. The Morgan fingerprint density at radius 2 is 1.92 bits per heavy atom. The first-order valence-corrected chi connectivity index (χ1v) is 12.1. The second kappa shape index (κ2) is 12.2. The third-order valence-electron chi connectivity index (χ3n) is 5.06. The lowest BCUT2D eigenvalue weighted by atomic mass is 10.0. The molecule has 0 radical (unpaired) electrons. The van der Waals surface area contributed by atoms with Crippen molar-refractivity contribution in [1.82, 2.24) is 20.4 Å². The number of hydrogen-bond acceptors (Lipinski definition) is 9. The summed E-state index contributed by atoms with van der Waals surface area (Å²) in [7, 11) is 2.97. The number of carbonyl (C=O) groups is 1. The Bertz CT molecular complexity index is 1240. The molecule has 1 aromatic carbocycles. The zero-order chi connectivity index (χ0) is 26.2. The van der Waals surface area contributed by atoms with Gasteiger partial charge in [0, 0.05) is 25.5 Å². The molecule has 192 valence electrons. The molecule has 4 N–H and O–H groups in total. The summed E-state index contributed by atoms with van der Waals surface area (Å²) in [5.74, 6) is 0.504. The number of anilines is 5. The van der Waals surface area contributed by atoms with Crippen molar-refractivity contribution in [3.63, 3.8) is 0 Å². The van der Waals surface area contributed by atoms with E-state index in [9.17, 15) is 13.6 Å². The standard InChI is InChI=1S/C23H29N7O5S/c1-6-35-29-22(31)16-13-25-21(27-20-9-10-24-23(28-20)34-5)12-18(16)26-17-8-7-15(14(2)3)11-19(17)30(4)36(32)33/h7-14H,6H2,1-5H3,(H,29,31)(H,32,33)(H2,24,25,26,27,28). The lowest BCUT2D eigenvalue weighted by Crippen LogP contribution is -2.25. The topological polar surface area (TPSA) is 151 Å². The van der Waals surface area contributed by atoms with Crippen LogP contribution in [0.2, 0.25) is 0 Å². The number of ether oxygens (including phenoxy) is 1. The van der Waals surface area contributed by atoms with Gasteiger partial charge in [0.25, 0.3) is 17.2 Å². The SMILES string of the molecule is CCONC(=O)c1cnc(Nc2ccnc(OC)n2)cc1Nc1ccc(C(C)C)cc1N(C)S(=O)O. The van der Waals surface area contributed by atoms with Crippen LogP contribution >= 0.6 is 0 Å². The molecule has 0 saturated carbocycles. The highest BCUT2D eigenvalue weighted by Gasteiger charge is 2.19. The molecule has 36 heavy (non-hydrogen) atoms. The fourth-order valence-corrected chi connectivity index (χ4v) is 3.46. The Balaban J connectivity index is 2.04. The molecule has 2 heterocycles. The van der Waals surface area contributed by atoms with E-state index in [0.717, 1.165) is 5.56 Å². The lowest BCUT2D eigenvalue weighted by molar-refractivity contribution is 0.0365. The van der Waals surface area contributed by atoms with Crippen LogP contribution in [0.4, 0.5) is 28.7 Å². The van der Waals surface area contributed by atoms with Crippen molar-refractivity contribution in [2.75, 3.05) is 35.7 Å². The number of pyridine rings is 1. The molecule has 0 aliphatic rings. The first-order chi connectivity index (χ1) is 17.2. The van der Waals surface area contributed by atoms with Gasteiger partial charge >= 0.3 is 6.01 Å². The minimum absolute atomic E-state index is 0.181. The van der Waals surface area contributed by atoms with E-state index in [0.29, 0.717) is 28.7 Å². The zero-order valence-corrected chi connectivity index (χ0v) is 21.4. The highest BCUT2D eigenvalue weighted by Crippen LogP contribution is 2.34. The maximum atomic E-state index is 12.8. The van der Waals surface area contributed by atoms with E-state index >= 15 is 0 Å². The Morgan fingerprint density at radius 3 is 2.58 bits per heavy atom. The van der Waals surface area contributed by atoms with Crippen LogP contribution in [0.3, 0.4) is 0 Å². The molecule has 13 heteroatoms. The van der Waals surface area contributed by atoms with Crippen LogP contribution in [0.1, 0.15) is 42.6 Å². The van der Waals surface area contributed by atoms with Gasteiger partial charge in [0.15, 0.2) is 0 Å². The van der Waals surface area contributed by atoms with E-state index in [2.05, 4.69) is 31.1 Å². The summed E-state index contributed by atoms with van der Waals surface area (Å²) in [6.07, 6.45) is 2.91. The summed E-state index contributed by atoms with van der Waals surface area (Å²) in [5.41, 5.74) is 4.90. The Kier molecular flexibility index (Phi) is 9.11. The third-order valence-corrected chi connectivity index (χ3v) is 5.73. The largest absolute Gasteiger partial charge is 0.467 e. The summed E-state index contributed by atoms with van der Waals surface area (Å²) in [6, 6.07) is 8.97. The van der Waals surface area contributed by atoms with Crippen molar-refractivity contribution >= 4 is 45.9 Å². The van der Waals surface area contributed by atoms with Crippen molar-refractivity contribution in [2.24, 2.45) is 0 Å². The van der Waals surface area contributed by atoms with Gasteiger partial charge in [-0.3, -0.25) is 18.5 Å². The number of nitrogens with one attached hydrogen (secondary N) is 3. The normalized spacial score (nSPS) is 11.6. The predicted octanol–water partition coefficient (Wildman–Crippen LogP) is 3.75. The van der Waals surface area contributed by atoms with Crippen molar-refractivity contribution < 1.29 is 23.1 Å². The van der Waals surface area contributed by atoms with Crippen molar-refractivity contribution in [3.8, 4) is 6.01 Å². The van der Waals surface area contributed by atoms with Gasteiger partial charge in [0.1, 0.15) is 11.6 Å². The average Bonchev–Trinajstić information content (AvgIpc) is 2.87. The van der Waals surface area contributed by atoms with Crippen LogP contribution in [0.15, 0.2) is 42.7 Å². The summed E-state index contributed by atoms with van der Waals surface area (Å²) in [5, 5.41) is 6.26. The summed E-state index contributed by atoms with van der Waals surface area (Å²) >= 11 is -2.26. The van der Waals surface area contributed by atoms with E-state index < -0.39 is 17.2 Å². The van der Waals surface area contributed by atoms with E-state index in [1.165, 1.54) is 30.9 Å². The number of rotatable bonds is 11. The number of methoxy groups -OCH3 is 1. The van der Waals surface area contributed by atoms with E-state index in [-0.39, 0.29) is 24.1 Å². The molecule has 0 fully saturated rings. The van der Waals surface area contributed by atoms with Crippen LogP contribution in [0.25, 0.3) is 0 Å². The summed E-state index contributed by atoms with van der Waals surface area (Å²) in [6.45, 7) is 6.08. The van der Waals surface area contributed by atoms with Gasteiger partial charge in [-0.25, -0.2) is 19.7 Å². The second-order valence-electron chi connectivity index (χ2n) is 7.82. The molecular weight excluding hydrogens is 486 g/mol. The van der Waals surface area contributed by atoms with Gasteiger partial charge in [-0.2, -0.15) is 4.98 Å². The predicted molar refractivity (Wildman–Crippen MR) is 138 cm³/mol.